The Morgan fingerprint density at radius 3 is 2.77 bits per heavy atom. The molecule has 0 amide bonds. The summed E-state index contributed by atoms with van der Waals surface area (Å²) >= 11 is 0. The lowest BCUT2D eigenvalue weighted by molar-refractivity contribution is -0.137. The Labute approximate surface area is 178 Å². The van der Waals surface area contributed by atoms with E-state index in [4.69, 9.17) is 9.84 Å². The van der Waals surface area contributed by atoms with E-state index in [0.29, 0.717) is 6.42 Å². The highest BCUT2D eigenvalue weighted by atomic mass is 16.5. The van der Waals surface area contributed by atoms with E-state index in [1.54, 1.807) is 6.20 Å². The number of ether oxygens (including phenoxy) is 1. The third-order valence-electron chi connectivity index (χ3n) is 5.76. The summed E-state index contributed by atoms with van der Waals surface area (Å²) in [5, 5.41) is 8.89. The van der Waals surface area contributed by atoms with E-state index in [2.05, 4.69) is 39.9 Å². The molecule has 156 valence electrons. The highest BCUT2D eigenvalue weighted by Crippen LogP contribution is 2.52. The van der Waals surface area contributed by atoms with Crippen molar-refractivity contribution in [2.45, 2.75) is 57.6 Å². The SMILES string of the molecule is CC(C)Oc1ccc(C#Cc2ccc3c(c2)C2(CC2)CN(CCCC(=O)O)C3)nc1. The number of nitrogens with zero attached hydrogens (tertiary/aromatic N) is 2. The van der Waals surface area contributed by atoms with Crippen LogP contribution in [-0.2, 0) is 16.8 Å². The maximum atomic E-state index is 10.8. The fraction of sp³-hybridized carbons (Fsp3) is 0.440. The van der Waals surface area contributed by atoms with Gasteiger partial charge in [-0.05, 0) is 81.0 Å². The van der Waals surface area contributed by atoms with E-state index in [0.717, 1.165) is 36.6 Å². The Balaban J connectivity index is 1.46. The van der Waals surface area contributed by atoms with Gasteiger partial charge in [-0.15, -0.1) is 0 Å². The third-order valence-corrected chi connectivity index (χ3v) is 5.76. The number of fused-ring (bicyclic) bond motifs is 2. The summed E-state index contributed by atoms with van der Waals surface area (Å²) in [6, 6.07) is 10.3. The van der Waals surface area contributed by atoms with Crippen LogP contribution in [0, 0.1) is 11.8 Å². The number of aromatic nitrogens is 1. The number of rotatable bonds is 6. The van der Waals surface area contributed by atoms with Crippen LogP contribution in [0.15, 0.2) is 36.5 Å². The Morgan fingerprint density at radius 1 is 1.27 bits per heavy atom. The van der Waals surface area contributed by atoms with Gasteiger partial charge in [0.1, 0.15) is 11.4 Å². The molecule has 1 aromatic carbocycles. The number of hydrogen-bond donors (Lipinski definition) is 1. The van der Waals surface area contributed by atoms with E-state index < -0.39 is 5.97 Å². The predicted molar refractivity (Wildman–Crippen MR) is 115 cm³/mol. The van der Waals surface area contributed by atoms with Gasteiger partial charge in [-0.1, -0.05) is 12.0 Å². The molecule has 1 saturated carbocycles. The summed E-state index contributed by atoms with van der Waals surface area (Å²) in [5.41, 5.74) is 4.77. The smallest absolute Gasteiger partial charge is 0.303 e. The molecule has 4 rings (SSSR count). The molecule has 0 bridgehead atoms. The van der Waals surface area contributed by atoms with Crippen molar-refractivity contribution in [2.75, 3.05) is 13.1 Å². The zero-order valence-corrected chi connectivity index (χ0v) is 17.6. The van der Waals surface area contributed by atoms with Gasteiger partial charge >= 0.3 is 5.97 Å². The van der Waals surface area contributed by atoms with Gasteiger partial charge in [-0.3, -0.25) is 9.69 Å². The van der Waals surface area contributed by atoms with Crippen molar-refractivity contribution in [2.24, 2.45) is 0 Å². The largest absolute Gasteiger partial charge is 0.489 e. The van der Waals surface area contributed by atoms with Gasteiger partial charge in [-0.2, -0.15) is 0 Å². The van der Waals surface area contributed by atoms with Crippen LogP contribution in [0.1, 0.15) is 61.9 Å². The van der Waals surface area contributed by atoms with Crippen molar-refractivity contribution in [1.82, 2.24) is 9.88 Å². The molecular weight excluding hydrogens is 376 g/mol. The Morgan fingerprint density at radius 2 is 2.10 bits per heavy atom. The molecule has 0 unspecified atom stereocenters. The first kappa shape index (κ1) is 20.4. The Hall–Kier alpha value is -2.84. The molecule has 2 aliphatic rings. The molecule has 2 aromatic rings. The van der Waals surface area contributed by atoms with Gasteiger partial charge in [0.25, 0.3) is 0 Å². The molecule has 1 aliphatic heterocycles. The Bertz CT molecular complexity index is 982. The van der Waals surface area contributed by atoms with Crippen molar-refractivity contribution in [3.63, 3.8) is 0 Å². The van der Waals surface area contributed by atoms with Crippen LogP contribution in [0.2, 0.25) is 0 Å². The molecule has 5 heteroatoms. The van der Waals surface area contributed by atoms with Gasteiger partial charge in [0, 0.05) is 30.5 Å². The van der Waals surface area contributed by atoms with Gasteiger partial charge in [0.05, 0.1) is 12.3 Å². The van der Waals surface area contributed by atoms with Crippen LogP contribution in [0.4, 0.5) is 0 Å². The molecule has 0 atom stereocenters. The lowest BCUT2D eigenvalue weighted by Gasteiger charge is -2.35. The van der Waals surface area contributed by atoms with Crippen LogP contribution in [0.25, 0.3) is 0 Å². The molecule has 0 radical (unpaired) electrons. The van der Waals surface area contributed by atoms with E-state index in [1.165, 1.54) is 24.0 Å². The Kier molecular flexibility index (Phi) is 5.78. The van der Waals surface area contributed by atoms with Gasteiger partial charge in [-0.25, -0.2) is 4.98 Å². The van der Waals surface area contributed by atoms with Crippen LogP contribution in [0.5, 0.6) is 5.75 Å². The summed E-state index contributed by atoms with van der Waals surface area (Å²) in [4.78, 5) is 17.6. The zero-order chi connectivity index (χ0) is 21.1. The van der Waals surface area contributed by atoms with Crippen LogP contribution >= 0.6 is 0 Å². The van der Waals surface area contributed by atoms with Crippen LogP contribution < -0.4 is 4.74 Å². The molecular formula is C25H28N2O3. The number of carbonyl (C=O) groups is 1. The molecule has 30 heavy (non-hydrogen) atoms. The number of benzene rings is 1. The third kappa shape index (κ3) is 4.83. The topological polar surface area (TPSA) is 62.7 Å². The van der Waals surface area contributed by atoms with Crippen LogP contribution in [0.3, 0.4) is 0 Å². The molecule has 0 saturated heterocycles. The lowest BCUT2D eigenvalue weighted by Crippen LogP contribution is -2.38. The first-order valence-electron chi connectivity index (χ1n) is 10.7. The highest BCUT2D eigenvalue weighted by Gasteiger charge is 2.48. The molecule has 2 heterocycles. The summed E-state index contributed by atoms with van der Waals surface area (Å²) in [7, 11) is 0. The average Bonchev–Trinajstić information content (AvgIpc) is 3.47. The highest BCUT2D eigenvalue weighted by molar-refractivity contribution is 5.66. The molecule has 1 N–H and O–H groups in total. The molecule has 1 aromatic heterocycles. The second-order valence-corrected chi connectivity index (χ2v) is 8.66. The summed E-state index contributed by atoms with van der Waals surface area (Å²) in [6.07, 6.45) is 5.19. The quantitative estimate of drug-likeness (QED) is 0.738. The van der Waals surface area contributed by atoms with E-state index in [1.807, 2.05) is 26.0 Å². The number of carboxylic acids is 1. The predicted octanol–water partition coefficient (Wildman–Crippen LogP) is 3.98. The van der Waals surface area contributed by atoms with Crippen molar-refractivity contribution in [1.29, 1.82) is 0 Å². The second kappa shape index (κ2) is 8.49. The average molecular weight is 405 g/mol. The van der Waals surface area contributed by atoms with Gasteiger partial charge < -0.3 is 9.84 Å². The minimum Gasteiger partial charge on any atom is -0.489 e. The molecule has 5 nitrogen and oxygen atoms in total. The first-order chi connectivity index (χ1) is 14.4. The van der Waals surface area contributed by atoms with Gasteiger partial charge in [0.15, 0.2) is 0 Å². The van der Waals surface area contributed by atoms with E-state index in [9.17, 15) is 4.79 Å². The van der Waals surface area contributed by atoms with Gasteiger partial charge in [0.2, 0.25) is 0 Å². The summed E-state index contributed by atoms with van der Waals surface area (Å²) in [6.45, 7) is 6.74. The van der Waals surface area contributed by atoms with Crippen molar-refractivity contribution in [3.8, 4) is 17.6 Å². The number of aliphatic carboxylic acids is 1. The minimum atomic E-state index is -0.715. The van der Waals surface area contributed by atoms with E-state index >= 15 is 0 Å². The second-order valence-electron chi connectivity index (χ2n) is 8.66. The number of pyridine rings is 1. The summed E-state index contributed by atoms with van der Waals surface area (Å²) in [5.74, 6) is 6.47. The fourth-order valence-corrected chi connectivity index (χ4v) is 4.22. The number of carboxylic acid groups (broad SMARTS) is 1. The molecule has 1 fully saturated rings. The standard InChI is InChI=1S/C25H28N2O3/c1-18(2)30-22-10-9-21(26-15-22)8-6-19-5-7-20-16-27(13-3-4-24(28)29)17-25(11-12-25)23(20)14-19/h5,7,9-10,14-15,18H,3-4,11-13,16-17H2,1-2H3,(H,28,29). The summed E-state index contributed by atoms with van der Waals surface area (Å²) < 4.78 is 5.63. The van der Waals surface area contributed by atoms with Crippen molar-refractivity contribution >= 4 is 5.97 Å². The fourth-order valence-electron chi connectivity index (χ4n) is 4.22. The first-order valence-corrected chi connectivity index (χ1v) is 10.7. The van der Waals surface area contributed by atoms with Crippen molar-refractivity contribution < 1.29 is 14.6 Å². The maximum Gasteiger partial charge on any atom is 0.303 e. The molecule has 1 spiro atoms. The number of hydrogen-bond acceptors (Lipinski definition) is 4. The van der Waals surface area contributed by atoms with Crippen molar-refractivity contribution in [3.05, 3.63) is 58.9 Å². The van der Waals surface area contributed by atoms with E-state index in [-0.39, 0.29) is 17.9 Å². The van der Waals surface area contributed by atoms with Crippen LogP contribution in [-0.4, -0.2) is 40.2 Å². The maximum absolute atomic E-state index is 10.8. The zero-order valence-electron chi connectivity index (χ0n) is 17.6. The lowest BCUT2D eigenvalue weighted by atomic mass is 9.85. The molecule has 1 aliphatic carbocycles. The monoisotopic (exact) mass is 404 g/mol. The minimum absolute atomic E-state index is 0.127. The normalized spacial score (nSPS) is 16.6.